The number of benzene rings is 3. The molecule has 0 fully saturated rings. The number of pyridine rings is 2. The molecule has 1 aliphatic heterocycles. The number of carbonyl (C=O) groups is 1. The summed E-state index contributed by atoms with van der Waals surface area (Å²) in [5, 5.41) is 14.5. The molecule has 1 aliphatic carbocycles. The minimum absolute atomic E-state index is 0.0517. The summed E-state index contributed by atoms with van der Waals surface area (Å²) >= 11 is 3.53. The molecule has 8 rings (SSSR count). The monoisotopic (exact) mass is 585 g/mol. The largest absolute Gasteiger partial charge is 0.508 e. The molecule has 0 bridgehead atoms. The van der Waals surface area contributed by atoms with E-state index in [1.54, 1.807) is 36.7 Å². The van der Waals surface area contributed by atoms with Crippen molar-refractivity contribution < 1.29 is 9.90 Å². The second-order valence-corrected chi connectivity index (χ2v) is 10.6. The Morgan fingerprint density at radius 3 is 2.62 bits per heavy atom. The van der Waals surface area contributed by atoms with Crippen molar-refractivity contribution in [3.8, 4) is 5.75 Å². The van der Waals surface area contributed by atoms with E-state index in [0.29, 0.717) is 17.4 Å². The molecule has 6 nitrogen and oxygen atoms in total. The van der Waals surface area contributed by atoms with E-state index in [1.807, 2.05) is 66.9 Å². The van der Waals surface area contributed by atoms with E-state index in [9.17, 15) is 14.7 Å². The van der Waals surface area contributed by atoms with Crippen LogP contribution in [0.25, 0.3) is 32.8 Å². The van der Waals surface area contributed by atoms with Gasteiger partial charge in [-0.1, -0.05) is 52.3 Å². The van der Waals surface area contributed by atoms with E-state index in [4.69, 9.17) is 0 Å². The molecule has 3 aromatic heterocycles. The summed E-state index contributed by atoms with van der Waals surface area (Å²) < 4.78 is 3.02. The zero-order valence-electron chi connectivity index (χ0n) is 21.0. The van der Waals surface area contributed by atoms with Crippen LogP contribution in [0.15, 0.2) is 124 Å². The maximum absolute atomic E-state index is 13.1. The fourth-order valence-corrected chi connectivity index (χ4v) is 5.82. The quantitative estimate of drug-likeness (QED) is 0.310. The molecule has 0 spiro atoms. The van der Waals surface area contributed by atoms with Crippen molar-refractivity contribution in [3.63, 3.8) is 0 Å². The molecule has 0 saturated heterocycles. The van der Waals surface area contributed by atoms with Crippen LogP contribution in [-0.4, -0.2) is 20.3 Å². The van der Waals surface area contributed by atoms with Crippen LogP contribution in [0.2, 0.25) is 0 Å². The lowest BCUT2D eigenvalue weighted by molar-refractivity contribution is -0.109. The van der Waals surface area contributed by atoms with Crippen LogP contribution < -0.4 is 16.0 Å². The molecular weight excluding hydrogens is 566 g/mol. The van der Waals surface area contributed by atoms with Gasteiger partial charge in [0.05, 0.1) is 33.0 Å². The first-order chi connectivity index (χ1) is 19.5. The highest BCUT2D eigenvalue weighted by Gasteiger charge is 2.20. The number of aromatic nitrogens is 2. The lowest BCUT2D eigenvalue weighted by atomic mass is 10.0. The molecule has 1 N–H and O–H groups in total. The van der Waals surface area contributed by atoms with Crippen molar-refractivity contribution in [1.82, 2.24) is 9.38 Å². The molecule has 7 heteroatoms. The Hall–Kier alpha value is -4.88. The van der Waals surface area contributed by atoms with Gasteiger partial charge in [0.1, 0.15) is 5.75 Å². The number of aromatic hydroxyl groups is 1. The van der Waals surface area contributed by atoms with Crippen molar-refractivity contribution in [2.75, 3.05) is 0 Å². The van der Waals surface area contributed by atoms with Gasteiger partial charge in [0, 0.05) is 51.0 Å². The van der Waals surface area contributed by atoms with E-state index in [2.05, 4.69) is 30.3 Å². The van der Waals surface area contributed by atoms with Crippen LogP contribution in [0.3, 0.4) is 0 Å². The normalized spacial score (nSPS) is 13.7. The molecule has 3 aromatic carbocycles. The third kappa shape index (κ3) is 3.94. The molecule has 0 radical (unpaired) electrons. The molecule has 6 aromatic rings. The number of hydrogen-bond acceptors (Lipinski definition) is 5. The Kier molecular flexibility index (Phi) is 5.68. The summed E-state index contributed by atoms with van der Waals surface area (Å²) in [5.41, 5.74) is 4.97. The standard InChI is InChI=1S/C21H13BrN2O2.C12H7NO/c22-14-3-4-16-17-8-15(25)9-18-20(17)24(19(16)7-14)11-13(21(18)26)6-12-2-1-5-23-10-12;14-11-7-3-6-10-12(11)8-4-1-2-5-9(8)13-10/h1-5,7-11,25H,6H2;1-7H. The number of nitrogens with zero attached hydrogens (tertiary/aromatic N) is 3. The van der Waals surface area contributed by atoms with E-state index < -0.39 is 0 Å². The molecule has 0 saturated carbocycles. The Balaban J connectivity index is 0.000000159. The van der Waals surface area contributed by atoms with Crippen LogP contribution in [0, 0.1) is 0 Å². The van der Waals surface area contributed by atoms with E-state index in [-0.39, 0.29) is 17.0 Å². The second kappa shape index (κ2) is 9.39. The van der Waals surface area contributed by atoms with Gasteiger partial charge in [-0.25, -0.2) is 4.99 Å². The highest BCUT2D eigenvalue weighted by molar-refractivity contribution is 9.10. The average Bonchev–Trinajstić information content (AvgIpc) is 3.49. The van der Waals surface area contributed by atoms with Crippen LogP contribution in [0.4, 0.5) is 0 Å². The van der Waals surface area contributed by atoms with Crippen LogP contribution in [0.1, 0.15) is 11.1 Å². The third-order valence-corrected chi connectivity index (χ3v) is 7.70. The van der Waals surface area contributed by atoms with Gasteiger partial charge < -0.3 is 9.51 Å². The number of para-hydroxylation sites is 1. The first-order valence-electron chi connectivity index (χ1n) is 12.7. The molecule has 0 unspecified atom stereocenters. The molecule has 0 atom stereocenters. The zero-order valence-corrected chi connectivity index (χ0v) is 22.6. The van der Waals surface area contributed by atoms with Gasteiger partial charge >= 0.3 is 0 Å². The Morgan fingerprint density at radius 1 is 0.925 bits per heavy atom. The number of fused-ring (bicyclic) bond motifs is 5. The van der Waals surface area contributed by atoms with Gasteiger partial charge in [0.2, 0.25) is 0 Å². The first-order valence-corrected chi connectivity index (χ1v) is 13.5. The van der Waals surface area contributed by atoms with Crippen LogP contribution >= 0.6 is 15.9 Å². The lowest BCUT2D eigenvalue weighted by Gasteiger charge is -2.07. The summed E-state index contributed by atoms with van der Waals surface area (Å²) in [7, 11) is 0. The minimum atomic E-state index is -0.0517. The van der Waals surface area contributed by atoms with Crippen molar-refractivity contribution in [3.05, 3.63) is 146 Å². The number of phenolic OH excluding ortho intramolecular Hbond substituents is 1. The van der Waals surface area contributed by atoms with Gasteiger partial charge in [-0.05, 0) is 54.1 Å². The van der Waals surface area contributed by atoms with E-state index in [0.717, 1.165) is 53.7 Å². The summed E-state index contributed by atoms with van der Waals surface area (Å²) in [6, 6.07) is 20.8. The van der Waals surface area contributed by atoms with Crippen molar-refractivity contribution in [2.45, 2.75) is 6.42 Å². The van der Waals surface area contributed by atoms with E-state index >= 15 is 0 Å². The number of ketones is 1. The van der Waals surface area contributed by atoms with Gasteiger partial charge in [0.15, 0.2) is 11.2 Å². The number of rotatable bonds is 2. The Morgan fingerprint density at radius 2 is 1.77 bits per heavy atom. The van der Waals surface area contributed by atoms with Gasteiger partial charge in [-0.15, -0.1) is 0 Å². The summed E-state index contributed by atoms with van der Waals surface area (Å²) in [4.78, 5) is 33.2. The number of halogens is 1. The minimum Gasteiger partial charge on any atom is -0.508 e. The van der Waals surface area contributed by atoms with Gasteiger partial charge in [0.25, 0.3) is 0 Å². The van der Waals surface area contributed by atoms with Crippen molar-refractivity contribution >= 4 is 54.5 Å². The summed E-state index contributed by atoms with van der Waals surface area (Å²) in [5.74, 6) is 0.154. The highest BCUT2D eigenvalue weighted by atomic mass is 79.9. The van der Waals surface area contributed by atoms with Gasteiger partial charge in [-0.3, -0.25) is 14.6 Å². The van der Waals surface area contributed by atoms with Crippen molar-refractivity contribution in [2.24, 2.45) is 4.99 Å². The topological polar surface area (TPSA) is 84.0 Å². The fraction of sp³-hybridized carbons (Fsp3) is 0.0303. The predicted octanol–water partition coefficient (Wildman–Crippen LogP) is 4.99. The number of allylic oxidation sites excluding steroid dienone is 4. The highest BCUT2D eigenvalue weighted by Crippen LogP contribution is 2.35. The predicted molar refractivity (Wildman–Crippen MR) is 159 cm³/mol. The smallest absolute Gasteiger partial charge is 0.193 e. The maximum atomic E-state index is 13.1. The number of carbonyl (C=O) groups excluding carboxylic acids is 1. The average molecular weight is 586 g/mol. The molecular formula is C33H20BrN3O3. The first kappa shape index (κ1) is 24.2. The Labute approximate surface area is 236 Å². The van der Waals surface area contributed by atoms with E-state index in [1.165, 1.54) is 0 Å². The summed E-state index contributed by atoms with van der Waals surface area (Å²) in [6.07, 6.45) is 11.1. The Bertz CT molecular complexity index is 2250. The molecule has 0 amide bonds. The van der Waals surface area contributed by atoms with Gasteiger partial charge in [-0.2, -0.15) is 0 Å². The zero-order chi connectivity index (χ0) is 27.4. The lowest BCUT2D eigenvalue weighted by Crippen LogP contribution is -2.24. The van der Waals surface area contributed by atoms with Crippen molar-refractivity contribution in [1.29, 1.82) is 0 Å². The SMILES string of the molecule is O=C1C=CC=C2N=c3ccccc3=C12.O=c1c(Cc2cccnc2)cn2c3cc(Br)ccc3c3cc(O)cc1c32. The fourth-order valence-electron chi connectivity index (χ4n) is 5.48. The van der Waals surface area contributed by atoms with Crippen LogP contribution in [-0.2, 0) is 11.2 Å². The summed E-state index contributed by atoms with van der Waals surface area (Å²) in [6.45, 7) is 0. The number of hydrogen-bond donors (Lipinski definition) is 1. The second-order valence-electron chi connectivity index (χ2n) is 9.72. The molecule has 40 heavy (non-hydrogen) atoms. The third-order valence-electron chi connectivity index (χ3n) is 7.20. The molecule has 2 aliphatic rings. The molecule has 4 heterocycles. The molecule has 192 valence electrons. The number of phenols is 1. The maximum Gasteiger partial charge on any atom is 0.193 e. The van der Waals surface area contributed by atoms with Crippen LogP contribution in [0.5, 0.6) is 5.75 Å².